The van der Waals surface area contributed by atoms with Crippen LogP contribution in [-0.2, 0) is 0 Å². The van der Waals surface area contributed by atoms with Gasteiger partial charge in [-0.3, -0.25) is 4.79 Å². The molecule has 1 fully saturated rings. The second kappa shape index (κ2) is 5.67. The summed E-state index contributed by atoms with van der Waals surface area (Å²) in [5, 5.41) is 11.9. The SMILES string of the molecule is O=C(NC(CCO)C1CC1)c1ccc(F)cc1Cl. The summed E-state index contributed by atoms with van der Waals surface area (Å²) >= 11 is 5.83. The Kier molecular flexibility index (Phi) is 4.19. The summed E-state index contributed by atoms with van der Waals surface area (Å²) in [4.78, 5) is 12.0. The van der Waals surface area contributed by atoms with E-state index in [2.05, 4.69) is 5.32 Å². The lowest BCUT2D eigenvalue weighted by molar-refractivity contribution is 0.0924. The van der Waals surface area contributed by atoms with E-state index in [4.69, 9.17) is 16.7 Å². The molecule has 18 heavy (non-hydrogen) atoms. The molecule has 0 radical (unpaired) electrons. The van der Waals surface area contributed by atoms with Crippen molar-refractivity contribution in [1.82, 2.24) is 5.32 Å². The Hall–Kier alpha value is -1.13. The molecule has 1 aliphatic carbocycles. The van der Waals surface area contributed by atoms with Crippen LogP contribution in [0.25, 0.3) is 0 Å². The van der Waals surface area contributed by atoms with Gasteiger partial charge >= 0.3 is 0 Å². The van der Waals surface area contributed by atoms with Crippen LogP contribution in [0.3, 0.4) is 0 Å². The van der Waals surface area contributed by atoms with Crippen LogP contribution >= 0.6 is 11.6 Å². The lowest BCUT2D eigenvalue weighted by Gasteiger charge is -2.17. The van der Waals surface area contributed by atoms with Gasteiger partial charge < -0.3 is 10.4 Å². The smallest absolute Gasteiger partial charge is 0.253 e. The van der Waals surface area contributed by atoms with Crippen molar-refractivity contribution in [1.29, 1.82) is 0 Å². The van der Waals surface area contributed by atoms with Gasteiger partial charge in [0.25, 0.3) is 5.91 Å². The van der Waals surface area contributed by atoms with E-state index in [1.807, 2.05) is 0 Å². The minimum Gasteiger partial charge on any atom is -0.396 e. The Bertz CT molecular complexity index is 449. The fourth-order valence-corrected chi connectivity index (χ4v) is 2.24. The van der Waals surface area contributed by atoms with Crippen LogP contribution in [0.15, 0.2) is 18.2 Å². The van der Waals surface area contributed by atoms with E-state index in [9.17, 15) is 9.18 Å². The fourth-order valence-electron chi connectivity index (χ4n) is 1.98. The largest absolute Gasteiger partial charge is 0.396 e. The summed E-state index contributed by atoms with van der Waals surface area (Å²) in [6.07, 6.45) is 2.68. The molecule has 3 nitrogen and oxygen atoms in total. The summed E-state index contributed by atoms with van der Waals surface area (Å²) in [6, 6.07) is 3.67. The first-order chi connectivity index (χ1) is 8.61. The topological polar surface area (TPSA) is 49.3 Å². The molecule has 0 aromatic heterocycles. The normalized spacial score (nSPS) is 16.4. The summed E-state index contributed by atoms with van der Waals surface area (Å²) < 4.78 is 12.9. The van der Waals surface area contributed by atoms with Crippen molar-refractivity contribution in [2.24, 2.45) is 5.92 Å². The highest BCUT2D eigenvalue weighted by molar-refractivity contribution is 6.33. The van der Waals surface area contributed by atoms with Crippen LogP contribution in [0.4, 0.5) is 4.39 Å². The number of halogens is 2. The van der Waals surface area contributed by atoms with Gasteiger partial charge in [0.1, 0.15) is 5.82 Å². The molecular formula is C13H15ClFNO2. The predicted molar refractivity (Wildman–Crippen MR) is 67.1 cm³/mol. The Morgan fingerprint density at radius 2 is 2.28 bits per heavy atom. The van der Waals surface area contributed by atoms with Gasteiger partial charge in [-0.05, 0) is 43.4 Å². The van der Waals surface area contributed by atoms with Gasteiger partial charge in [0.05, 0.1) is 10.6 Å². The van der Waals surface area contributed by atoms with E-state index in [-0.39, 0.29) is 29.1 Å². The number of aliphatic hydroxyl groups excluding tert-OH is 1. The molecule has 1 aromatic carbocycles. The van der Waals surface area contributed by atoms with Crippen molar-refractivity contribution in [3.8, 4) is 0 Å². The summed E-state index contributed by atoms with van der Waals surface area (Å²) in [5.41, 5.74) is 0.265. The number of aliphatic hydroxyl groups is 1. The number of amides is 1. The minimum atomic E-state index is -0.467. The van der Waals surface area contributed by atoms with Crippen LogP contribution < -0.4 is 5.32 Å². The molecule has 2 rings (SSSR count). The van der Waals surface area contributed by atoms with E-state index in [0.29, 0.717) is 12.3 Å². The molecule has 0 bridgehead atoms. The van der Waals surface area contributed by atoms with E-state index in [0.717, 1.165) is 18.9 Å². The lowest BCUT2D eigenvalue weighted by Crippen LogP contribution is -2.37. The molecule has 1 unspecified atom stereocenters. The Morgan fingerprint density at radius 3 is 2.83 bits per heavy atom. The zero-order valence-electron chi connectivity index (χ0n) is 9.83. The molecule has 1 amide bonds. The van der Waals surface area contributed by atoms with E-state index >= 15 is 0 Å². The molecule has 0 saturated heterocycles. The first kappa shape index (κ1) is 13.3. The van der Waals surface area contributed by atoms with Crippen LogP contribution in [0, 0.1) is 11.7 Å². The first-order valence-electron chi connectivity index (χ1n) is 5.98. The quantitative estimate of drug-likeness (QED) is 0.864. The molecule has 1 atom stereocenters. The average Bonchev–Trinajstić information content (AvgIpc) is 3.11. The van der Waals surface area contributed by atoms with Gasteiger partial charge in [0.15, 0.2) is 0 Å². The summed E-state index contributed by atoms with van der Waals surface area (Å²) in [6.45, 7) is 0.0403. The van der Waals surface area contributed by atoms with Crippen molar-refractivity contribution in [2.75, 3.05) is 6.61 Å². The molecule has 1 aliphatic rings. The maximum Gasteiger partial charge on any atom is 0.253 e. The zero-order chi connectivity index (χ0) is 13.1. The average molecular weight is 272 g/mol. The first-order valence-corrected chi connectivity index (χ1v) is 6.36. The van der Waals surface area contributed by atoms with Crippen LogP contribution in [0.1, 0.15) is 29.6 Å². The predicted octanol–water partition coefficient (Wildman–Crippen LogP) is 2.37. The van der Waals surface area contributed by atoms with Gasteiger partial charge in [0.2, 0.25) is 0 Å². The standard InChI is InChI=1S/C13H15ClFNO2/c14-11-7-9(15)3-4-10(11)13(18)16-12(5-6-17)8-1-2-8/h3-4,7-8,12,17H,1-2,5-6H2,(H,16,18). The molecule has 2 N–H and O–H groups in total. The zero-order valence-corrected chi connectivity index (χ0v) is 10.6. The Morgan fingerprint density at radius 1 is 1.56 bits per heavy atom. The third-order valence-electron chi connectivity index (χ3n) is 3.12. The van der Waals surface area contributed by atoms with Crippen molar-refractivity contribution in [3.05, 3.63) is 34.6 Å². The molecule has 1 saturated carbocycles. The van der Waals surface area contributed by atoms with Crippen LogP contribution in [0.2, 0.25) is 5.02 Å². The molecule has 0 spiro atoms. The minimum absolute atomic E-state index is 0.0244. The maximum atomic E-state index is 12.9. The Labute approximate surface area is 110 Å². The molecule has 1 aromatic rings. The summed E-state index contributed by atoms with van der Waals surface area (Å²) in [5.74, 6) is -0.337. The van der Waals surface area contributed by atoms with Crippen LogP contribution in [-0.4, -0.2) is 23.7 Å². The number of carbonyl (C=O) groups is 1. The van der Waals surface area contributed by atoms with Crippen molar-refractivity contribution in [2.45, 2.75) is 25.3 Å². The molecular weight excluding hydrogens is 257 g/mol. The monoisotopic (exact) mass is 271 g/mol. The van der Waals surface area contributed by atoms with Crippen molar-refractivity contribution in [3.63, 3.8) is 0 Å². The number of benzene rings is 1. The lowest BCUT2D eigenvalue weighted by atomic mass is 10.1. The van der Waals surface area contributed by atoms with Crippen LogP contribution in [0.5, 0.6) is 0 Å². The van der Waals surface area contributed by atoms with Crippen molar-refractivity contribution >= 4 is 17.5 Å². The van der Waals surface area contributed by atoms with E-state index < -0.39 is 5.82 Å². The highest BCUT2D eigenvalue weighted by Gasteiger charge is 2.32. The third-order valence-corrected chi connectivity index (χ3v) is 3.44. The number of carbonyl (C=O) groups excluding carboxylic acids is 1. The molecule has 0 aliphatic heterocycles. The molecule has 98 valence electrons. The van der Waals surface area contributed by atoms with E-state index in [1.165, 1.54) is 12.1 Å². The third kappa shape index (κ3) is 3.21. The number of nitrogens with one attached hydrogen (secondary N) is 1. The van der Waals surface area contributed by atoms with Gasteiger partial charge in [-0.15, -0.1) is 0 Å². The number of rotatable bonds is 5. The molecule has 0 heterocycles. The number of hydrogen-bond acceptors (Lipinski definition) is 2. The van der Waals surface area contributed by atoms with Gasteiger partial charge in [-0.2, -0.15) is 0 Å². The highest BCUT2D eigenvalue weighted by atomic mass is 35.5. The van der Waals surface area contributed by atoms with Gasteiger partial charge in [0, 0.05) is 12.6 Å². The second-order valence-electron chi connectivity index (χ2n) is 4.55. The summed E-state index contributed by atoms with van der Waals surface area (Å²) in [7, 11) is 0. The maximum absolute atomic E-state index is 12.9. The highest BCUT2D eigenvalue weighted by Crippen LogP contribution is 2.34. The Balaban J connectivity index is 2.05. The van der Waals surface area contributed by atoms with Gasteiger partial charge in [-0.1, -0.05) is 11.6 Å². The van der Waals surface area contributed by atoms with Crippen molar-refractivity contribution < 1.29 is 14.3 Å². The fraction of sp³-hybridized carbons (Fsp3) is 0.462. The molecule has 5 heteroatoms. The van der Waals surface area contributed by atoms with Gasteiger partial charge in [-0.25, -0.2) is 4.39 Å². The van der Waals surface area contributed by atoms with E-state index in [1.54, 1.807) is 0 Å². The second-order valence-corrected chi connectivity index (χ2v) is 4.96. The number of hydrogen-bond donors (Lipinski definition) is 2.